The molecular formula is C22H33N. The zero-order chi connectivity index (χ0) is 15.9. The van der Waals surface area contributed by atoms with Crippen LogP contribution >= 0.6 is 0 Å². The van der Waals surface area contributed by atoms with Gasteiger partial charge in [-0.05, 0) is 104 Å². The summed E-state index contributed by atoms with van der Waals surface area (Å²) in [6.45, 7) is 4.87. The third-order valence-corrected chi connectivity index (χ3v) is 7.36. The normalized spacial score (nSPS) is 37.7. The van der Waals surface area contributed by atoms with Crippen LogP contribution in [0, 0.1) is 29.1 Å². The molecule has 1 aromatic heterocycles. The second kappa shape index (κ2) is 6.22. The molecule has 0 aliphatic heterocycles. The Kier molecular flexibility index (Phi) is 4.24. The van der Waals surface area contributed by atoms with Crippen molar-refractivity contribution < 1.29 is 0 Å². The van der Waals surface area contributed by atoms with Gasteiger partial charge in [-0.3, -0.25) is 4.98 Å². The fourth-order valence-corrected chi connectivity index (χ4v) is 6.70. The first kappa shape index (κ1) is 15.7. The minimum atomic E-state index is 0.671. The summed E-state index contributed by atoms with van der Waals surface area (Å²) in [6.07, 6.45) is 17.6. The van der Waals surface area contributed by atoms with Gasteiger partial charge in [0.15, 0.2) is 0 Å². The molecule has 1 aromatic rings. The first-order valence-electron chi connectivity index (χ1n) is 10.0. The average molecular weight is 312 g/mol. The molecule has 1 nitrogen and oxygen atoms in total. The number of nitrogens with zero attached hydrogens (tertiary/aromatic N) is 1. The van der Waals surface area contributed by atoms with Gasteiger partial charge in [-0.15, -0.1) is 0 Å². The van der Waals surface area contributed by atoms with Crippen LogP contribution in [0.4, 0.5) is 0 Å². The van der Waals surface area contributed by atoms with Gasteiger partial charge in [0, 0.05) is 12.4 Å². The lowest BCUT2D eigenvalue weighted by atomic mass is 9.48. The molecule has 2 atom stereocenters. The van der Waals surface area contributed by atoms with Gasteiger partial charge in [-0.25, -0.2) is 0 Å². The number of pyridine rings is 1. The fraction of sp³-hybridized carbons (Fsp3) is 0.773. The zero-order valence-corrected chi connectivity index (χ0v) is 15.0. The highest BCUT2D eigenvalue weighted by Gasteiger charge is 2.50. The standard InChI is InChI=1S/C22H33N/c1-16(9-17(2)21-4-7-23-8-5-21)3-6-22-13-18-10-19(14-22)12-20(11-18)15-22/h4-5,7-8,16-20H,3,6,9-15H2,1-2H3. The molecular weight excluding hydrogens is 278 g/mol. The largest absolute Gasteiger partial charge is 0.265 e. The van der Waals surface area contributed by atoms with Crippen molar-refractivity contribution in [2.75, 3.05) is 0 Å². The summed E-state index contributed by atoms with van der Waals surface area (Å²) in [5, 5.41) is 0. The minimum Gasteiger partial charge on any atom is -0.265 e. The molecule has 23 heavy (non-hydrogen) atoms. The Morgan fingerprint density at radius 2 is 1.57 bits per heavy atom. The summed E-state index contributed by atoms with van der Waals surface area (Å²) in [4.78, 5) is 4.15. The van der Waals surface area contributed by atoms with Crippen molar-refractivity contribution in [1.82, 2.24) is 4.98 Å². The van der Waals surface area contributed by atoms with Crippen LogP contribution in [0.2, 0.25) is 0 Å². The molecule has 0 amide bonds. The lowest BCUT2D eigenvalue weighted by molar-refractivity contribution is -0.0599. The molecule has 4 fully saturated rings. The molecule has 0 radical (unpaired) electrons. The summed E-state index contributed by atoms with van der Waals surface area (Å²) < 4.78 is 0. The maximum absolute atomic E-state index is 4.15. The average Bonchev–Trinajstić information content (AvgIpc) is 2.53. The molecule has 1 heteroatoms. The van der Waals surface area contributed by atoms with Gasteiger partial charge < -0.3 is 0 Å². The van der Waals surface area contributed by atoms with Gasteiger partial charge in [0.25, 0.3) is 0 Å². The Labute approximate surface area is 142 Å². The molecule has 0 saturated heterocycles. The van der Waals surface area contributed by atoms with Crippen molar-refractivity contribution in [2.24, 2.45) is 29.1 Å². The lowest BCUT2D eigenvalue weighted by Crippen LogP contribution is -2.46. The number of aromatic nitrogens is 1. The van der Waals surface area contributed by atoms with Gasteiger partial charge in [-0.1, -0.05) is 20.3 Å². The van der Waals surface area contributed by atoms with E-state index in [0.717, 1.165) is 29.1 Å². The predicted octanol–water partition coefficient (Wildman–Crippen LogP) is 6.21. The van der Waals surface area contributed by atoms with E-state index in [1.807, 2.05) is 12.4 Å². The van der Waals surface area contributed by atoms with E-state index in [2.05, 4.69) is 31.0 Å². The topological polar surface area (TPSA) is 12.9 Å². The molecule has 5 rings (SSSR count). The van der Waals surface area contributed by atoms with Gasteiger partial charge in [0.05, 0.1) is 0 Å². The Balaban J connectivity index is 1.31. The maximum Gasteiger partial charge on any atom is 0.0270 e. The van der Waals surface area contributed by atoms with Crippen molar-refractivity contribution in [3.05, 3.63) is 30.1 Å². The Hall–Kier alpha value is -0.850. The van der Waals surface area contributed by atoms with Crippen LogP contribution in [-0.4, -0.2) is 4.98 Å². The van der Waals surface area contributed by atoms with Crippen LogP contribution in [0.15, 0.2) is 24.5 Å². The van der Waals surface area contributed by atoms with E-state index in [1.165, 1.54) is 24.8 Å². The van der Waals surface area contributed by atoms with E-state index in [-0.39, 0.29) is 0 Å². The van der Waals surface area contributed by atoms with Crippen LogP contribution in [0.5, 0.6) is 0 Å². The van der Waals surface area contributed by atoms with Crippen molar-refractivity contribution in [3.8, 4) is 0 Å². The first-order valence-corrected chi connectivity index (χ1v) is 10.0. The number of rotatable bonds is 6. The van der Waals surface area contributed by atoms with Gasteiger partial charge >= 0.3 is 0 Å². The highest BCUT2D eigenvalue weighted by atomic mass is 14.6. The van der Waals surface area contributed by atoms with Crippen molar-refractivity contribution in [1.29, 1.82) is 0 Å². The summed E-state index contributed by atoms with van der Waals surface area (Å²) in [6, 6.07) is 4.38. The number of hydrogen-bond acceptors (Lipinski definition) is 1. The summed E-state index contributed by atoms with van der Waals surface area (Å²) in [5.41, 5.74) is 2.23. The van der Waals surface area contributed by atoms with Gasteiger partial charge in [0.1, 0.15) is 0 Å². The Morgan fingerprint density at radius 1 is 1.00 bits per heavy atom. The zero-order valence-electron chi connectivity index (χ0n) is 15.0. The van der Waals surface area contributed by atoms with Crippen molar-refractivity contribution in [2.45, 2.75) is 77.6 Å². The smallest absolute Gasteiger partial charge is 0.0270 e. The highest BCUT2D eigenvalue weighted by Crippen LogP contribution is 2.61. The predicted molar refractivity (Wildman–Crippen MR) is 96.3 cm³/mol. The van der Waals surface area contributed by atoms with E-state index < -0.39 is 0 Å². The molecule has 4 bridgehead atoms. The highest BCUT2D eigenvalue weighted by molar-refractivity contribution is 5.14. The fourth-order valence-electron chi connectivity index (χ4n) is 6.70. The summed E-state index contributed by atoms with van der Waals surface area (Å²) in [7, 11) is 0. The van der Waals surface area contributed by atoms with E-state index in [4.69, 9.17) is 0 Å². The first-order chi connectivity index (χ1) is 11.1. The van der Waals surface area contributed by atoms with E-state index >= 15 is 0 Å². The molecule has 0 N–H and O–H groups in total. The van der Waals surface area contributed by atoms with Gasteiger partial charge in [-0.2, -0.15) is 0 Å². The summed E-state index contributed by atoms with van der Waals surface area (Å²) >= 11 is 0. The quantitative estimate of drug-likeness (QED) is 0.608. The molecule has 0 spiro atoms. The van der Waals surface area contributed by atoms with E-state index in [1.54, 1.807) is 38.5 Å². The number of hydrogen-bond donors (Lipinski definition) is 0. The van der Waals surface area contributed by atoms with Crippen LogP contribution in [0.3, 0.4) is 0 Å². The third-order valence-electron chi connectivity index (χ3n) is 7.36. The molecule has 126 valence electrons. The Morgan fingerprint density at radius 3 is 2.13 bits per heavy atom. The van der Waals surface area contributed by atoms with Crippen LogP contribution in [0.25, 0.3) is 0 Å². The lowest BCUT2D eigenvalue weighted by Gasteiger charge is -2.57. The van der Waals surface area contributed by atoms with E-state index in [0.29, 0.717) is 5.92 Å². The second-order valence-electron chi connectivity index (χ2n) is 9.48. The Bertz CT molecular complexity index is 485. The van der Waals surface area contributed by atoms with Crippen molar-refractivity contribution in [3.63, 3.8) is 0 Å². The SMILES string of the molecule is CC(CCC12CC3CC(CC(C3)C1)C2)CC(C)c1ccncc1. The molecule has 4 aliphatic rings. The van der Waals surface area contributed by atoms with Crippen LogP contribution in [0.1, 0.15) is 83.1 Å². The molecule has 2 unspecified atom stereocenters. The van der Waals surface area contributed by atoms with Crippen LogP contribution in [-0.2, 0) is 0 Å². The van der Waals surface area contributed by atoms with Crippen molar-refractivity contribution >= 4 is 0 Å². The van der Waals surface area contributed by atoms with E-state index in [9.17, 15) is 0 Å². The monoisotopic (exact) mass is 311 g/mol. The molecule has 4 aliphatic carbocycles. The second-order valence-corrected chi connectivity index (χ2v) is 9.48. The van der Waals surface area contributed by atoms with Gasteiger partial charge in [0.2, 0.25) is 0 Å². The molecule has 4 saturated carbocycles. The molecule has 1 heterocycles. The summed E-state index contributed by atoms with van der Waals surface area (Å²) in [5.74, 6) is 4.84. The minimum absolute atomic E-state index is 0.671. The maximum atomic E-state index is 4.15. The third kappa shape index (κ3) is 3.35. The molecule has 0 aromatic carbocycles. The van der Waals surface area contributed by atoms with Crippen LogP contribution < -0.4 is 0 Å².